The SMILES string of the molecule is CCc1c(N(CC)C2CCOCC2)cc2oc(CN(C)C)cc2c1C(=O)O. The molecule has 6 nitrogen and oxygen atoms in total. The van der Waals surface area contributed by atoms with Gasteiger partial charge in [0, 0.05) is 42.9 Å². The summed E-state index contributed by atoms with van der Waals surface area (Å²) in [6, 6.07) is 4.29. The minimum atomic E-state index is -0.890. The normalized spacial score (nSPS) is 15.6. The van der Waals surface area contributed by atoms with E-state index in [0.717, 1.165) is 49.6 Å². The van der Waals surface area contributed by atoms with Gasteiger partial charge in [-0.2, -0.15) is 0 Å². The molecule has 0 radical (unpaired) electrons. The lowest BCUT2D eigenvalue weighted by atomic mass is 9.96. The van der Waals surface area contributed by atoms with Crippen molar-refractivity contribution in [3.05, 3.63) is 29.0 Å². The number of rotatable bonds is 7. The number of furan rings is 1. The van der Waals surface area contributed by atoms with Gasteiger partial charge in [-0.3, -0.25) is 0 Å². The van der Waals surface area contributed by atoms with Crippen LogP contribution in [0.2, 0.25) is 0 Å². The minimum Gasteiger partial charge on any atom is -0.478 e. The molecule has 1 saturated heterocycles. The third kappa shape index (κ3) is 3.96. The van der Waals surface area contributed by atoms with Gasteiger partial charge in [0.15, 0.2) is 0 Å². The van der Waals surface area contributed by atoms with E-state index in [2.05, 4.69) is 11.8 Å². The van der Waals surface area contributed by atoms with E-state index in [1.807, 2.05) is 38.1 Å². The van der Waals surface area contributed by atoms with E-state index in [9.17, 15) is 9.90 Å². The predicted octanol–water partition coefficient (Wildman–Crippen LogP) is 3.76. The van der Waals surface area contributed by atoms with Crippen molar-refractivity contribution in [1.82, 2.24) is 4.90 Å². The standard InChI is InChI=1S/C21H30N2O4/c1-5-16-18(23(6-2)14-7-9-26-10-8-14)12-19-17(20(16)21(24)25)11-15(27-19)13-22(3)4/h11-12,14H,5-10,13H2,1-4H3,(H,24,25). The number of anilines is 1. The molecule has 1 aromatic carbocycles. The van der Waals surface area contributed by atoms with Gasteiger partial charge in [-0.1, -0.05) is 6.92 Å². The highest BCUT2D eigenvalue weighted by Gasteiger charge is 2.27. The Hall–Kier alpha value is -2.05. The van der Waals surface area contributed by atoms with Crippen molar-refractivity contribution in [2.45, 2.75) is 45.7 Å². The average molecular weight is 374 g/mol. The summed E-state index contributed by atoms with van der Waals surface area (Å²) in [7, 11) is 3.94. The van der Waals surface area contributed by atoms with E-state index in [0.29, 0.717) is 35.5 Å². The second-order valence-corrected chi connectivity index (χ2v) is 7.40. The third-order valence-electron chi connectivity index (χ3n) is 5.28. The van der Waals surface area contributed by atoms with Gasteiger partial charge in [0.1, 0.15) is 11.3 Å². The van der Waals surface area contributed by atoms with Crippen LogP contribution in [0.25, 0.3) is 11.0 Å². The predicted molar refractivity (Wildman–Crippen MR) is 107 cm³/mol. The van der Waals surface area contributed by atoms with Crippen molar-refractivity contribution in [3.8, 4) is 0 Å². The topological polar surface area (TPSA) is 66.2 Å². The smallest absolute Gasteiger partial charge is 0.336 e. The summed E-state index contributed by atoms with van der Waals surface area (Å²) >= 11 is 0. The second-order valence-electron chi connectivity index (χ2n) is 7.40. The lowest BCUT2D eigenvalue weighted by molar-refractivity contribution is 0.0697. The summed E-state index contributed by atoms with van der Waals surface area (Å²) in [5, 5.41) is 10.7. The van der Waals surface area contributed by atoms with Gasteiger partial charge in [0.05, 0.1) is 12.1 Å². The number of hydrogen-bond acceptors (Lipinski definition) is 5. The molecule has 2 heterocycles. The molecule has 0 bridgehead atoms. The van der Waals surface area contributed by atoms with E-state index >= 15 is 0 Å². The summed E-state index contributed by atoms with van der Waals surface area (Å²) in [4.78, 5) is 16.5. The summed E-state index contributed by atoms with van der Waals surface area (Å²) in [5.41, 5.74) is 2.91. The molecule has 0 unspecified atom stereocenters. The van der Waals surface area contributed by atoms with Crippen LogP contribution in [0.1, 0.15) is 48.4 Å². The number of nitrogens with zero attached hydrogens (tertiary/aromatic N) is 2. The summed E-state index contributed by atoms with van der Waals surface area (Å²) < 4.78 is 11.6. The second kappa shape index (κ2) is 8.31. The molecule has 1 aliphatic heterocycles. The van der Waals surface area contributed by atoms with Crippen molar-refractivity contribution in [3.63, 3.8) is 0 Å². The molecule has 6 heteroatoms. The van der Waals surface area contributed by atoms with Crippen molar-refractivity contribution in [1.29, 1.82) is 0 Å². The quantitative estimate of drug-likeness (QED) is 0.796. The highest BCUT2D eigenvalue weighted by Crippen LogP contribution is 2.36. The maximum atomic E-state index is 12.2. The van der Waals surface area contributed by atoms with Crippen molar-refractivity contribution in [2.75, 3.05) is 38.8 Å². The summed E-state index contributed by atoms with van der Waals surface area (Å²) in [6.45, 7) is 7.12. The first-order valence-corrected chi connectivity index (χ1v) is 9.76. The Labute approximate surface area is 160 Å². The van der Waals surface area contributed by atoms with Gasteiger partial charge in [0.25, 0.3) is 0 Å². The first kappa shape index (κ1) is 19.7. The van der Waals surface area contributed by atoms with Crippen LogP contribution in [0.5, 0.6) is 0 Å². The van der Waals surface area contributed by atoms with Crippen molar-refractivity contribution in [2.24, 2.45) is 0 Å². The van der Waals surface area contributed by atoms with Gasteiger partial charge in [-0.05, 0) is 51.9 Å². The number of benzene rings is 1. The van der Waals surface area contributed by atoms with Gasteiger partial charge in [-0.25, -0.2) is 4.79 Å². The van der Waals surface area contributed by atoms with Crippen LogP contribution >= 0.6 is 0 Å². The molecule has 0 spiro atoms. The monoisotopic (exact) mass is 374 g/mol. The van der Waals surface area contributed by atoms with Gasteiger partial charge in [0.2, 0.25) is 0 Å². The molecule has 2 aromatic rings. The van der Waals surface area contributed by atoms with Crippen molar-refractivity contribution >= 4 is 22.6 Å². The van der Waals surface area contributed by atoms with Gasteiger partial charge < -0.3 is 24.1 Å². The zero-order chi connectivity index (χ0) is 19.6. The fourth-order valence-electron chi connectivity index (χ4n) is 4.13. The highest BCUT2D eigenvalue weighted by molar-refractivity contribution is 6.06. The Morgan fingerprint density at radius 1 is 1.22 bits per heavy atom. The molecule has 1 aromatic heterocycles. The van der Waals surface area contributed by atoms with Crippen LogP contribution in [0, 0.1) is 0 Å². The van der Waals surface area contributed by atoms with Crippen LogP contribution < -0.4 is 4.90 Å². The Balaban J connectivity index is 2.16. The molecular weight excluding hydrogens is 344 g/mol. The number of carboxylic acid groups (broad SMARTS) is 1. The molecule has 148 valence electrons. The summed E-state index contributed by atoms with van der Waals surface area (Å²) in [5.74, 6) is -0.107. The molecule has 1 aliphatic rings. The minimum absolute atomic E-state index is 0.365. The molecular formula is C21H30N2O4. The number of ether oxygens (including phenoxy) is 1. The number of carbonyl (C=O) groups is 1. The lowest BCUT2D eigenvalue weighted by Crippen LogP contribution is -2.40. The molecule has 0 aliphatic carbocycles. The molecule has 27 heavy (non-hydrogen) atoms. The molecule has 1 N–H and O–H groups in total. The zero-order valence-corrected chi connectivity index (χ0v) is 16.7. The summed E-state index contributed by atoms with van der Waals surface area (Å²) in [6.07, 6.45) is 2.59. The van der Waals surface area contributed by atoms with E-state index in [-0.39, 0.29) is 0 Å². The maximum absolute atomic E-state index is 12.2. The van der Waals surface area contributed by atoms with E-state index in [1.165, 1.54) is 0 Å². The first-order valence-electron chi connectivity index (χ1n) is 9.76. The first-order chi connectivity index (χ1) is 13.0. The lowest BCUT2D eigenvalue weighted by Gasteiger charge is -2.36. The van der Waals surface area contributed by atoms with Crippen molar-refractivity contribution < 1.29 is 19.1 Å². The Morgan fingerprint density at radius 3 is 2.48 bits per heavy atom. The largest absolute Gasteiger partial charge is 0.478 e. The number of hydrogen-bond donors (Lipinski definition) is 1. The van der Waals surface area contributed by atoms with Gasteiger partial charge >= 0.3 is 5.97 Å². The molecule has 1 fully saturated rings. The fourth-order valence-corrected chi connectivity index (χ4v) is 4.13. The molecule has 0 atom stereocenters. The number of aromatic carboxylic acids is 1. The zero-order valence-electron chi connectivity index (χ0n) is 16.7. The van der Waals surface area contributed by atoms with Crippen LogP contribution in [0.4, 0.5) is 5.69 Å². The molecule has 0 saturated carbocycles. The fraction of sp³-hybridized carbons (Fsp3) is 0.571. The van der Waals surface area contributed by atoms with E-state index < -0.39 is 5.97 Å². The van der Waals surface area contributed by atoms with Gasteiger partial charge in [-0.15, -0.1) is 0 Å². The number of fused-ring (bicyclic) bond motifs is 1. The van der Waals surface area contributed by atoms with Crippen LogP contribution in [0.3, 0.4) is 0 Å². The molecule has 3 rings (SSSR count). The highest BCUT2D eigenvalue weighted by atomic mass is 16.5. The van der Waals surface area contributed by atoms with Crippen LogP contribution in [-0.4, -0.2) is 55.9 Å². The molecule has 0 amide bonds. The van der Waals surface area contributed by atoms with E-state index in [1.54, 1.807) is 0 Å². The number of carboxylic acids is 1. The van der Waals surface area contributed by atoms with Crippen LogP contribution in [-0.2, 0) is 17.7 Å². The van der Waals surface area contributed by atoms with Crippen LogP contribution in [0.15, 0.2) is 16.5 Å². The van der Waals surface area contributed by atoms with E-state index in [4.69, 9.17) is 9.15 Å². The Bertz CT molecular complexity index is 806. The Kier molecular flexibility index (Phi) is 6.07. The third-order valence-corrected chi connectivity index (χ3v) is 5.28. The average Bonchev–Trinajstić information content (AvgIpc) is 3.02. The maximum Gasteiger partial charge on any atom is 0.336 e. The Morgan fingerprint density at radius 2 is 1.93 bits per heavy atom.